The van der Waals surface area contributed by atoms with Gasteiger partial charge in [-0.05, 0) is 27.7 Å². The second-order valence-corrected chi connectivity index (χ2v) is 5.03. The van der Waals surface area contributed by atoms with E-state index in [1.54, 1.807) is 7.11 Å². The average Bonchev–Trinajstić information content (AvgIpc) is 2.17. The van der Waals surface area contributed by atoms with Crippen molar-refractivity contribution in [1.82, 2.24) is 9.80 Å². The van der Waals surface area contributed by atoms with E-state index in [-0.39, 0.29) is 0 Å². The maximum Gasteiger partial charge on any atom is 0.0630 e. The Morgan fingerprint density at radius 1 is 1.13 bits per heavy atom. The molecule has 0 saturated carbocycles. The van der Waals surface area contributed by atoms with Gasteiger partial charge in [0.15, 0.2) is 0 Å². The summed E-state index contributed by atoms with van der Waals surface area (Å²) < 4.78 is 5.32. The molecule has 1 saturated heterocycles. The van der Waals surface area contributed by atoms with Gasteiger partial charge < -0.3 is 4.74 Å². The standard InChI is InChI=1S/C12H26N2O/c1-10(2)13-6-7-14(11(3)4)12(8-13)9-15-5/h10-12H,6-9H2,1-5H3. The minimum Gasteiger partial charge on any atom is -0.383 e. The molecule has 15 heavy (non-hydrogen) atoms. The molecule has 0 aromatic heterocycles. The second kappa shape index (κ2) is 5.83. The van der Waals surface area contributed by atoms with Crippen molar-refractivity contribution in [3.63, 3.8) is 0 Å². The van der Waals surface area contributed by atoms with Gasteiger partial charge in [0.05, 0.1) is 6.61 Å². The molecule has 0 radical (unpaired) electrons. The fourth-order valence-corrected chi connectivity index (χ4v) is 2.38. The number of hydrogen-bond acceptors (Lipinski definition) is 3. The van der Waals surface area contributed by atoms with Gasteiger partial charge in [-0.1, -0.05) is 0 Å². The van der Waals surface area contributed by atoms with E-state index < -0.39 is 0 Å². The van der Waals surface area contributed by atoms with Gasteiger partial charge in [-0.25, -0.2) is 0 Å². The Balaban J connectivity index is 2.56. The van der Waals surface area contributed by atoms with Crippen LogP contribution in [0.5, 0.6) is 0 Å². The average molecular weight is 214 g/mol. The molecule has 1 atom stereocenters. The SMILES string of the molecule is COCC1CN(C(C)C)CCN1C(C)C. The lowest BCUT2D eigenvalue weighted by Gasteiger charge is -2.44. The van der Waals surface area contributed by atoms with Crippen LogP contribution in [0, 0.1) is 0 Å². The fourth-order valence-electron chi connectivity index (χ4n) is 2.38. The Hall–Kier alpha value is -0.120. The molecule has 1 unspecified atom stereocenters. The van der Waals surface area contributed by atoms with Crippen molar-refractivity contribution in [2.75, 3.05) is 33.4 Å². The topological polar surface area (TPSA) is 15.7 Å². The van der Waals surface area contributed by atoms with Gasteiger partial charge >= 0.3 is 0 Å². The molecular formula is C12H26N2O. The molecule has 90 valence electrons. The van der Waals surface area contributed by atoms with E-state index in [1.165, 1.54) is 13.1 Å². The molecule has 1 aliphatic rings. The molecule has 1 aliphatic heterocycles. The smallest absolute Gasteiger partial charge is 0.0630 e. The molecule has 3 nitrogen and oxygen atoms in total. The number of piperazine rings is 1. The monoisotopic (exact) mass is 214 g/mol. The lowest BCUT2D eigenvalue weighted by Crippen LogP contribution is -2.58. The molecule has 0 spiro atoms. The Morgan fingerprint density at radius 2 is 1.80 bits per heavy atom. The highest BCUT2D eigenvalue weighted by Gasteiger charge is 2.29. The summed E-state index contributed by atoms with van der Waals surface area (Å²) in [6, 6.07) is 1.84. The van der Waals surface area contributed by atoms with Gasteiger partial charge in [0.2, 0.25) is 0 Å². The van der Waals surface area contributed by atoms with E-state index in [0.29, 0.717) is 18.1 Å². The van der Waals surface area contributed by atoms with Crippen molar-refractivity contribution in [3.05, 3.63) is 0 Å². The van der Waals surface area contributed by atoms with Crippen LogP contribution >= 0.6 is 0 Å². The molecule has 1 fully saturated rings. The molecule has 0 amide bonds. The summed E-state index contributed by atoms with van der Waals surface area (Å²) in [7, 11) is 1.80. The summed E-state index contributed by atoms with van der Waals surface area (Å²) in [4.78, 5) is 5.10. The molecular weight excluding hydrogens is 188 g/mol. The van der Waals surface area contributed by atoms with E-state index in [9.17, 15) is 0 Å². The third kappa shape index (κ3) is 3.44. The summed E-state index contributed by atoms with van der Waals surface area (Å²) >= 11 is 0. The Kier molecular flexibility index (Phi) is 5.03. The van der Waals surface area contributed by atoms with E-state index in [1.807, 2.05) is 0 Å². The van der Waals surface area contributed by atoms with Crippen LogP contribution in [0.15, 0.2) is 0 Å². The third-order valence-corrected chi connectivity index (χ3v) is 3.31. The first-order valence-electron chi connectivity index (χ1n) is 6.05. The third-order valence-electron chi connectivity index (χ3n) is 3.31. The van der Waals surface area contributed by atoms with Gasteiger partial charge in [0.1, 0.15) is 0 Å². The number of methoxy groups -OCH3 is 1. The molecule has 1 heterocycles. The van der Waals surface area contributed by atoms with Crippen LogP contribution in [0.2, 0.25) is 0 Å². The van der Waals surface area contributed by atoms with Gasteiger partial charge in [0.25, 0.3) is 0 Å². The van der Waals surface area contributed by atoms with Crippen molar-refractivity contribution in [3.8, 4) is 0 Å². The number of nitrogens with zero attached hydrogens (tertiary/aromatic N) is 2. The Morgan fingerprint density at radius 3 is 2.27 bits per heavy atom. The normalized spacial score (nSPS) is 25.4. The van der Waals surface area contributed by atoms with Crippen LogP contribution < -0.4 is 0 Å². The Labute approximate surface area is 94.4 Å². The van der Waals surface area contributed by atoms with Crippen LogP contribution in [0.1, 0.15) is 27.7 Å². The zero-order valence-corrected chi connectivity index (χ0v) is 10.9. The molecule has 0 aromatic rings. The van der Waals surface area contributed by atoms with E-state index in [4.69, 9.17) is 4.74 Å². The van der Waals surface area contributed by atoms with Gasteiger partial charge in [0, 0.05) is 44.9 Å². The van der Waals surface area contributed by atoms with Gasteiger partial charge in [-0.2, -0.15) is 0 Å². The molecule has 0 aliphatic carbocycles. The highest BCUT2D eigenvalue weighted by Crippen LogP contribution is 2.15. The predicted molar refractivity (Wildman–Crippen MR) is 64.2 cm³/mol. The summed E-state index contributed by atoms with van der Waals surface area (Å²) in [5.41, 5.74) is 0. The van der Waals surface area contributed by atoms with Crippen LogP contribution in [-0.4, -0.2) is 61.3 Å². The number of hydrogen-bond donors (Lipinski definition) is 0. The lowest BCUT2D eigenvalue weighted by molar-refractivity contribution is -0.00146. The number of ether oxygens (including phenoxy) is 1. The molecule has 3 heteroatoms. The van der Waals surface area contributed by atoms with Crippen LogP contribution in [0.3, 0.4) is 0 Å². The summed E-state index contributed by atoms with van der Waals surface area (Å²) in [5.74, 6) is 0. The number of rotatable bonds is 4. The van der Waals surface area contributed by atoms with Crippen molar-refractivity contribution in [1.29, 1.82) is 0 Å². The van der Waals surface area contributed by atoms with Crippen LogP contribution in [0.4, 0.5) is 0 Å². The van der Waals surface area contributed by atoms with Gasteiger partial charge in [-0.3, -0.25) is 9.80 Å². The van der Waals surface area contributed by atoms with Gasteiger partial charge in [-0.15, -0.1) is 0 Å². The second-order valence-electron chi connectivity index (χ2n) is 5.03. The first-order chi connectivity index (χ1) is 7.06. The molecule has 0 N–H and O–H groups in total. The zero-order chi connectivity index (χ0) is 11.4. The maximum atomic E-state index is 5.32. The summed E-state index contributed by atoms with van der Waals surface area (Å²) in [5, 5.41) is 0. The minimum atomic E-state index is 0.561. The first-order valence-corrected chi connectivity index (χ1v) is 6.05. The van der Waals surface area contributed by atoms with E-state index >= 15 is 0 Å². The minimum absolute atomic E-state index is 0.561. The largest absolute Gasteiger partial charge is 0.383 e. The summed E-state index contributed by atoms with van der Waals surface area (Å²) in [6.45, 7) is 13.4. The Bertz CT molecular complexity index is 182. The fraction of sp³-hybridized carbons (Fsp3) is 1.00. The molecule has 1 rings (SSSR count). The summed E-state index contributed by atoms with van der Waals surface area (Å²) in [6.07, 6.45) is 0. The van der Waals surface area contributed by atoms with E-state index in [2.05, 4.69) is 37.5 Å². The van der Waals surface area contributed by atoms with Crippen molar-refractivity contribution in [2.45, 2.75) is 45.8 Å². The zero-order valence-electron chi connectivity index (χ0n) is 10.9. The first kappa shape index (κ1) is 12.9. The van der Waals surface area contributed by atoms with Crippen molar-refractivity contribution in [2.24, 2.45) is 0 Å². The lowest BCUT2D eigenvalue weighted by atomic mass is 10.1. The quantitative estimate of drug-likeness (QED) is 0.704. The highest BCUT2D eigenvalue weighted by molar-refractivity contribution is 4.85. The van der Waals surface area contributed by atoms with Crippen LogP contribution in [0.25, 0.3) is 0 Å². The molecule has 0 aromatic carbocycles. The molecule has 0 bridgehead atoms. The van der Waals surface area contributed by atoms with Crippen molar-refractivity contribution >= 4 is 0 Å². The van der Waals surface area contributed by atoms with Crippen LogP contribution in [-0.2, 0) is 4.74 Å². The predicted octanol–water partition coefficient (Wildman–Crippen LogP) is 1.44. The maximum absolute atomic E-state index is 5.32. The van der Waals surface area contributed by atoms with Crippen molar-refractivity contribution < 1.29 is 4.74 Å². The highest BCUT2D eigenvalue weighted by atomic mass is 16.5. The van der Waals surface area contributed by atoms with E-state index in [0.717, 1.165) is 13.2 Å².